The van der Waals surface area contributed by atoms with Crippen LogP contribution in [0.1, 0.15) is 30.9 Å². The van der Waals surface area contributed by atoms with Gasteiger partial charge in [-0.3, -0.25) is 0 Å². The number of fused-ring (bicyclic) bond motifs is 1. The Hall–Kier alpha value is -0.540. The highest BCUT2D eigenvalue weighted by atomic mass is 35.5. The summed E-state index contributed by atoms with van der Waals surface area (Å²) in [5.41, 5.74) is 6.55. The first-order chi connectivity index (χ1) is 5.70. The van der Waals surface area contributed by atoms with Crippen LogP contribution in [-0.2, 0) is 13.0 Å². The van der Waals surface area contributed by atoms with Gasteiger partial charge in [0.25, 0.3) is 0 Å². The molecule has 1 aromatic heterocycles. The molecule has 66 valence electrons. The van der Waals surface area contributed by atoms with Gasteiger partial charge in [0.2, 0.25) is 0 Å². The van der Waals surface area contributed by atoms with Crippen LogP contribution in [0.2, 0.25) is 5.15 Å². The second kappa shape index (κ2) is 2.75. The Morgan fingerprint density at radius 2 is 2.42 bits per heavy atom. The Labute approximate surface area is 76.5 Å². The predicted molar refractivity (Wildman–Crippen MR) is 48.2 cm³/mol. The molecule has 2 rings (SSSR count). The summed E-state index contributed by atoms with van der Waals surface area (Å²) in [7, 11) is 0. The van der Waals surface area contributed by atoms with E-state index in [1.807, 2.05) is 6.92 Å². The van der Waals surface area contributed by atoms with E-state index in [-0.39, 0.29) is 6.04 Å². The highest BCUT2D eigenvalue weighted by Crippen LogP contribution is 2.26. The predicted octanol–water partition coefficient (Wildman–Crippen LogP) is 1.50. The van der Waals surface area contributed by atoms with Gasteiger partial charge in [-0.25, -0.2) is 4.98 Å². The summed E-state index contributed by atoms with van der Waals surface area (Å²) in [6.45, 7) is 2.90. The first kappa shape index (κ1) is 8.08. The summed E-state index contributed by atoms with van der Waals surface area (Å²) in [6.07, 6.45) is 2.19. The quantitative estimate of drug-likeness (QED) is 0.721. The van der Waals surface area contributed by atoms with Gasteiger partial charge in [-0.2, -0.15) is 0 Å². The van der Waals surface area contributed by atoms with Crippen LogP contribution in [0.25, 0.3) is 0 Å². The molecule has 0 fully saturated rings. The highest BCUT2D eigenvalue weighted by molar-refractivity contribution is 6.30. The van der Waals surface area contributed by atoms with Gasteiger partial charge < -0.3 is 10.3 Å². The average Bonchev–Trinajstić information content (AvgIpc) is 2.53. The normalized spacial score (nSPS) is 17.9. The van der Waals surface area contributed by atoms with Crippen LogP contribution >= 0.6 is 11.6 Å². The van der Waals surface area contributed by atoms with E-state index in [2.05, 4.69) is 9.55 Å². The number of hydrogen-bond donors (Lipinski definition) is 1. The molecule has 0 saturated carbocycles. The number of hydrogen-bond acceptors (Lipinski definition) is 2. The summed E-state index contributed by atoms with van der Waals surface area (Å²) >= 11 is 6.09. The maximum Gasteiger partial charge on any atom is 0.133 e. The lowest BCUT2D eigenvalue weighted by molar-refractivity contribution is 0.732. The third kappa shape index (κ3) is 1.04. The zero-order valence-corrected chi connectivity index (χ0v) is 7.80. The fourth-order valence-electron chi connectivity index (χ4n) is 1.60. The van der Waals surface area contributed by atoms with Gasteiger partial charge >= 0.3 is 0 Å². The van der Waals surface area contributed by atoms with Crippen molar-refractivity contribution in [3.63, 3.8) is 0 Å². The molecule has 1 unspecified atom stereocenters. The molecule has 0 aliphatic carbocycles. The molecule has 3 nitrogen and oxygen atoms in total. The van der Waals surface area contributed by atoms with Crippen molar-refractivity contribution in [1.29, 1.82) is 0 Å². The maximum absolute atomic E-state index is 6.09. The molecule has 1 aliphatic rings. The van der Waals surface area contributed by atoms with E-state index in [0.717, 1.165) is 36.1 Å². The number of aromatic nitrogens is 2. The summed E-state index contributed by atoms with van der Waals surface area (Å²) in [4.78, 5) is 4.40. The minimum atomic E-state index is -0.0596. The van der Waals surface area contributed by atoms with Crippen LogP contribution in [0.5, 0.6) is 0 Å². The summed E-state index contributed by atoms with van der Waals surface area (Å²) in [6, 6.07) is -0.0596. The molecule has 0 amide bonds. The van der Waals surface area contributed by atoms with Crippen molar-refractivity contribution in [2.24, 2.45) is 5.73 Å². The monoisotopic (exact) mass is 185 g/mol. The van der Waals surface area contributed by atoms with E-state index in [4.69, 9.17) is 17.3 Å². The molecule has 0 bridgehead atoms. The van der Waals surface area contributed by atoms with Crippen molar-refractivity contribution in [1.82, 2.24) is 9.55 Å². The van der Waals surface area contributed by atoms with Gasteiger partial charge in [0.05, 0.1) is 5.69 Å². The second-order valence-corrected chi connectivity index (χ2v) is 3.61. The van der Waals surface area contributed by atoms with Crippen LogP contribution in [0.3, 0.4) is 0 Å². The SMILES string of the molecule is CC(N)c1nc2n(c1Cl)CCC2. The topological polar surface area (TPSA) is 43.8 Å². The first-order valence-corrected chi connectivity index (χ1v) is 4.58. The van der Waals surface area contributed by atoms with Crippen LogP contribution in [0.4, 0.5) is 0 Å². The van der Waals surface area contributed by atoms with Crippen molar-refractivity contribution < 1.29 is 0 Å². The molecule has 12 heavy (non-hydrogen) atoms. The lowest BCUT2D eigenvalue weighted by Crippen LogP contribution is -2.06. The number of rotatable bonds is 1. The Bertz CT molecular complexity index is 303. The molecule has 0 spiro atoms. The number of nitrogens with two attached hydrogens (primary N) is 1. The zero-order valence-electron chi connectivity index (χ0n) is 7.05. The van der Waals surface area contributed by atoms with E-state index in [1.54, 1.807) is 0 Å². The first-order valence-electron chi connectivity index (χ1n) is 4.20. The van der Waals surface area contributed by atoms with Gasteiger partial charge in [-0.05, 0) is 13.3 Å². The van der Waals surface area contributed by atoms with E-state index < -0.39 is 0 Å². The van der Waals surface area contributed by atoms with Gasteiger partial charge in [-0.1, -0.05) is 11.6 Å². The number of imidazole rings is 1. The van der Waals surface area contributed by atoms with E-state index in [1.165, 1.54) is 0 Å². The minimum absolute atomic E-state index is 0.0596. The lowest BCUT2D eigenvalue weighted by Gasteiger charge is -2.02. The molecule has 0 saturated heterocycles. The molecule has 4 heteroatoms. The molecular weight excluding hydrogens is 174 g/mol. The fourth-order valence-corrected chi connectivity index (χ4v) is 2.00. The Balaban J connectivity index is 2.47. The molecular formula is C8H12ClN3. The number of aryl methyl sites for hydroxylation is 1. The van der Waals surface area contributed by atoms with Gasteiger partial charge in [0.1, 0.15) is 11.0 Å². The number of halogens is 1. The Kier molecular flexibility index (Phi) is 1.85. The van der Waals surface area contributed by atoms with Crippen molar-refractivity contribution in [2.45, 2.75) is 32.4 Å². The molecule has 2 heterocycles. The van der Waals surface area contributed by atoms with Gasteiger partial charge in [0.15, 0.2) is 0 Å². The number of nitrogens with zero attached hydrogens (tertiary/aromatic N) is 2. The third-order valence-corrected chi connectivity index (χ3v) is 2.62. The lowest BCUT2D eigenvalue weighted by atomic mass is 10.3. The van der Waals surface area contributed by atoms with E-state index >= 15 is 0 Å². The molecule has 1 aromatic rings. The standard InChI is InChI=1S/C8H12ClN3/c1-5(10)7-8(9)12-4-2-3-6(12)11-7/h5H,2-4,10H2,1H3. The third-order valence-electron chi connectivity index (χ3n) is 2.22. The molecule has 1 atom stereocenters. The molecule has 2 N–H and O–H groups in total. The Morgan fingerprint density at radius 1 is 1.67 bits per heavy atom. The summed E-state index contributed by atoms with van der Waals surface area (Å²) in [5.74, 6) is 1.09. The summed E-state index contributed by atoms with van der Waals surface area (Å²) < 4.78 is 2.06. The van der Waals surface area contributed by atoms with Gasteiger partial charge in [-0.15, -0.1) is 0 Å². The summed E-state index contributed by atoms with van der Waals surface area (Å²) in [5, 5.41) is 0.734. The van der Waals surface area contributed by atoms with Gasteiger partial charge in [0, 0.05) is 19.0 Å². The second-order valence-electron chi connectivity index (χ2n) is 3.25. The van der Waals surface area contributed by atoms with Crippen molar-refractivity contribution in [2.75, 3.05) is 0 Å². The fraction of sp³-hybridized carbons (Fsp3) is 0.625. The van der Waals surface area contributed by atoms with Crippen molar-refractivity contribution in [3.8, 4) is 0 Å². The molecule has 0 radical (unpaired) electrons. The van der Waals surface area contributed by atoms with Crippen molar-refractivity contribution in [3.05, 3.63) is 16.7 Å². The minimum Gasteiger partial charge on any atom is -0.323 e. The maximum atomic E-state index is 6.09. The van der Waals surface area contributed by atoms with E-state index in [0.29, 0.717) is 0 Å². The Morgan fingerprint density at radius 3 is 3.00 bits per heavy atom. The van der Waals surface area contributed by atoms with Crippen molar-refractivity contribution >= 4 is 11.6 Å². The van der Waals surface area contributed by atoms with Crippen LogP contribution in [-0.4, -0.2) is 9.55 Å². The molecule has 1 aliphatic heterocycles. The molecule has 0 aromatic carbocycles. The smallest absolute Gasteiger partial charge is 0.133 e. The highest BCUT2D eigenvalue weighted by Gasteiger charge is 2.20. The largest absolute Gasteiger partial charge is 0.323 e. The zero-order chi connectivity index (χ0) is 8.72. The van der Waals surface area contributed by atoms with Crippen LogP contribution in [0.15, 0.2) is 0 Å². The van der Waals surface area contributed by atoms with Crippen LogP contribution in [0, 0.1) is 0 Å². The van der Waals surface area contributed by atoms with Crippen LogP contribution < -0.4 is 5.73 Å². The van der Waals surface area contributed by atoms with E-state index in [9.17, 15) is 0 Å². The average molecular weight is 186 g/mol.